The molecule has 2 unspecified atom stereocenters. The second kappa shape index (κ2) is 5.69. The molecule has 1 aliphatic carbocycles. The lowest BCUT2D eigenvalue weighted by atomic mass is 10.2. The van der Waals surface area contributed by atoms with E-state index >= 15 is 0 Å². The molecule has 2 N–H and O–H groups in total. The summed E-state index contributed by atoms with van der Waals surface area (Å²) in [4.78, 5) is 23.2. The number of carbonyl (C=O) groups is 1. The molecule has 1 aliphatic rings. The predicted octanol–water partition coefficient (Wildman–Crippen LogP) is 2.10. The van der Waals surface area contributed by atoms with Gasteiger partial charge in [0.2, 0.25) is 0 Å². The molecule has 0 saturated heterocycles. The monoisotopic (exact) mass is 283 g/mol. The molecule has 1 aromatic rings. The van der Waals surface area contributed by atoms with Crippen LogP contribution in [0.4, 0.5) is 0 Å². The van der Waals surface area contributed by atoms with Crippen molar-refractivity contribution in [2.75, 3.05) is 5.75 Å². The van der Waals surface area contributed by atoms with Gasteiger partial charge in [-0.05, 0) is 25.0 Å². The number of nitrogens with zero attached hydrogens (tertiary/aromatic N) is 1. The second-order valence-electron chi connectivity index (χ2n) is 4.66. The highest BCUT2D eigenvalue weighted by atomic mass is 32.2. The van der Waals surface area contributed by atoms with E-state index in [2.05, 4.69) is 6.92 Å². The van der Waals surface area contributed by atoms with Gasteiger partial charge in [-0.3, -0.25) is 9.36 Å². The Balaban J connectivity index is 2.35. The molecule has 5 nitrogen and oxygen atoms in total. The van der Waals surface area contributed by atoms with E-state index < -0.39 is 11.5 Å². The maximum atomic E-state index is 11.9. The second-order valence-corrected chi connectivity index (χ2v) is 6.23. The standard InChI is InChI=1S/C13H17NO4S/c1-2-19-10-4-3-8(5-10)14-11(13(17)18)6-9(15)7-12(14)16/h6-8,10,15H,2-5H2,1H3,(H,17,18). The zero-order valence-corrected chi connectivity index (χ0v) is 11.5. The first-order valence-electron chi connectivity index (χ1n) is 6.33. The third-order valence-electron chi connectivity index (χ3n) is 3.40. The molecular formula is C13H17NO4S. The quantitative estimate of drug-likeness (QED) is 0.884. The first kappa shape index (κ1) is 14.0. The fourth-order valence-corrected chi connectivity index (χ4v) is 3.78. The van der Waals surface area contributed by atoms with Crippen LogP contribution in [-0.4, -0.2) is 31.8 Å². The van der Waals surface area contributed by atoms with E-state index in [4.69, 9.17) is 5.11 Å². The van der Waals surface area contributed by atoms with Gasteiger partial charge in [0.25, 0.3) is 5.56 Å². The predicted molar refractivity (Wildman–Crippen MR) is 74.1 cm³/mol. The number of rotatable bonds is 4. The van der Waals surface area contributed by atoms with E-state index in [0.717, 1.165) is 37.1 Å². The third kappa shape index (κ3) is 2.94. The van der Waals surface area contributed by atoms with Crippen molar-refractivity contribution < 1.29 is 15.0 Å². The molecule has 0 amide bonds. The Morgan fingerprint density at radius 1 is 1.47 bits per heavy atom. The molecular weight excluding hydrogens is 266 g/mol. The average Bonchev–Trinajstić information content (AvgIpc) is 2.76. The summed E-state index contributed by atoms with van der Waals surface area (Å²) in [7, 11) is 0. The topological polar surface area (TPSA) is 79.5 Å². The highest BCUT2D eigenvalue weighted by molar-refractivity contribution is 7.99. The minimum Gasteiger partial charge on any atom is -0.508 e. The first-order valence-corrected chi connectivity index (χ1v) is 7.38. The van der Waals surface area contributed by atoms with Gasteiger partial charge in [0, 0.05) is 23.4 Å². The van der Waals surface area contributed by atoms with Gasteiger partial charge in [-0.15, -0.1) is 0 Å². The van der Waals surface area contributed by atoms with Gasteiger partial charge in [-0.2, -0.15) is 11.8 Å². The van der Waals surface area contributed by atoms with Gasteiger partial charge in [0.1, 0.15) is 11.4 Å². The molecule has 1 aromatic heterocycles. The number of thioether (sulfide) groups is 1. The number of pyridine rings is 1. The van der Waals surface area contributed by atoms with E-state index in [1.165, 1.54) is 4.57 Å². The molecule has 2 rings (SSSR count). The van der Waals surface area contributed by atoms with Gasteiger partial charge in [-0.25, -0.2) is 4.79 Å². The lowest BCUT2D eigenvalue weighted by Gasteiger charge is -2.17. The smallest absolute Gasteiger partial charge is 0.352 e. The number of carboxylic acids is 1. The number of aromatic hydroxyl groups is 1. The van der Waals surface area contributed by atoms with Gasteiger partial charge >= 0.3 is 5.97 Å². The van der Waals surface area contributed by atoms with Crippen LogP contribution in [0.25, 0.3) is 0 Å². The Morgan fingerprint density at radius 3 is 2.84 bits per heavy atom. The molecule has 6 heteroatoms. The van der Waals surface area contributed by atoms with Gasteiger partial charge in [-0.1, -0.05) is 6.92 Å². The summed E-state index contributed by atoms with van der Waals surface area (Å²) < 4.78 is 1.32. The fourth-order valence-electron chi connectivity index (χ4n) is 2.65. The summed E-state index contributed by atoms with van der Waals surface area (Å²) in [5.41, 5.74) is -0.568. The summed E-state index contributed by atoms with van der Waals surface area (Å²) in [6.07, 6.45) is 2.61. The molecule has 0 aliphatic heterocycles. The summed E-state index contributed by atoms with van der Waals surface area (Å²) in [6, 6.07) is 2.14. The van der Waals surface area contributed by atoms with Crippen LogP contribution in [0.5, 0.6) is 5.75 Å². The van der Waals surface area contributed by atoms with Crippen molar-refractivity contribution in [1.82, 2.24) is 4.57 Å². The Labute approximate surface area is 115 Å². The van der Waals surface area contributed by atoms with E-state index in [-0.39, 0.29) is 17.5 Å². The van der Waals surface area contributed by atoms with Crippen LogP contribution in [0.3, 0.4) is 0 Å². The highest BCUT2D eigenvalue weighted by Crippen LogP contribution is 2.37. The average molecular weight is 283 g/mol. The van der Waals surface area contributed by atoms with E-state index in [9.17, 15) is 14.7 Å². The molecule has 0 bridgehead atoms. The van der Waals surface area contributed by atoms with Gasteiger partial charge in [0.15, 0.2) is 0 Å². The molecule has 0 spiro atoms. The maximum Gasteiger partial charge on any atom is 0.352 e. The summed E-state index contributed by atoms with van der Waals surface area (Å²) in [5, 5.41) is 19.0. The fraction of sp³-hybridized carbons (Fsp3) is 0.538. The van der Waals surface area contributed by atoms with E-state index in [0.29, 0.717) is 5.25 Å². The van der Waals surface area contributed by atoms with Crippen molar-refractivity contribution in [3.05, 3.63) is 28.2 Å². The van der Waals surface area contributed by atoms with Crippen molar-refractivity contribution >= 4 is 17.7 Å². The van der Waals surface area contributed by atoms with Crippen molar-refractivity contribution in [1.29, 1.82) is 0 Å². The zero-order valence-electron chi connectivity index (χ0n) is 10.7. The lowest BCUT2D eigenvalue weighted by molar-refractivity contribution is 0.0680. The molecule has 104 valence electrons. The maximum absolute atomic E-state index is 11.9. The van der Waals surface area contributed by atoms with Gasteiger partial charge < -0.3 is 10.2 Å². The normalized spacial score (nSPS) is 22.6. The lowest BCUT2D eigenvalue weighted by Crippen LogP contribution is -2.28. The number of aromatic carboxylic acids is 1. The zero-order chi connectivity index (χ0) is 14.0. The molecule has 1 heterocycles. The number of carboxylic acid groups (broad SMARTS) is 1. The number of hydrogen-bond donors (Lipinski definition) is 2. The van der Waals surface area contributed by atoms with Gasteiger partial charge in [0.05, 0.1) is 0 Å². The van der Waals surface area contributed by atoms with Crippen LogP contribution in [0.1, 0.15) is 42.7 Å². The molecule has 1 fully saturated rings. The van der Waals surface area contributed by atoms with Crippen LogP contribution < -0.4 is 5.56 Å². The van der Waals surface area contributed by atoms with Crippen molar-refractivity contribution in [3.63, 3.8) is 0 Å². The van der Waals surface area contributed by atoms with E-state index in [1.54, 1.807) is 0 Å². The van der Waals surface area contributed by atoms with Crippen molar-refractivity contribution in [2.24, 2.45) is 0 Å². The van der Waals surface area contributed by atoms with Crippen LogP contribution in [0, 0.1) is 0 Å². The molecule has 0 radical (unpaired) electrons. The van der Waals surface area contributed by atoms with Crippen molar-refractivity contribution in [2.45, 2.75) is 37.5 Å². The summed E-state index contributed by atoms with van der Waals surface area (Å²) >= 11 is 1.85. The number of aromatic nitrogens is 1. The Morgan fingerprint density at radius 2 is 2.21 bits per heavy atom. The number of hydrogen-bond acceptors (Lipinski definition) is 4. The Kier molecular flexibility index (Phi) is 4.19. The highest BCUT2D eigenvalue weighted by Gasteiger charge is 2.29. The minimum atomic E-state index is -1.18. The molecule has 19 heavy (non-hydrogen) atoms. The van der Waals surface area contributed by atoms with Crippen LogP contribution in [0.15, 0.2) is 16.9 Å². The van der Waals surface area contributed by atoms with Crippen LogP contribution in [-0.2, 0) is 0 Å². The Hall–Kier alpha value is -1.43. The summed E-state index contributed by atoms with van der Waals surface area (Å²) in [5.74, 6) is -0.455. The molecule has 0 aromatic carbocycles. The largest absolute Gasteiger partial charge is 0.508 e. The van der Waals surface area contributed by atoms with Crippen molar-refractivity contribution in [3.8, 4) is 5.75 Å². The minimum absolute atomic E-state index is 0.0803. The van der Waals surface area contributed by atoms with E-state index in [1.807, 2.05) is 11.8 Å². The molecule has 1 saturated carbocycles. The summed E-state index contributed by atoms with van der Waals surface area (Å²) in [6.45, 7) is 2.09. The Bertz CT molecular complexity index is 540. The molecule has 2 atom stereocenters. The SMILES string of the molecule is CCSC1CCC(n2c(C(=O)O)cc(O)cc2=O)C1. The third-order valence-corrected chi connectivity index (χ3v) is 4.63. The first-order chi connectivity index (χ1) is 9.02. The van der Waals surface area contributed by atoms with Crippen LogP contribution in [0.2, 0.25) is 0 Å². The van der Waals surface area contributed by atoms with Crippen LogP contribution >= 0.6 is 11.8 Å².